The van der Waals surface area contributed by atoms with E-state index in [1.165, 1.54) is 0 Å². The van der Waals surface area contributed by atoms with Gasteiger partial charge in [-0.15, -0.1) is 0 Å². The molecule has 0 saturated carbocycles. The zero-order valence-corrected chi connectivity index (χ0v) is 9.15. The van der Waals surface area contributed by atoms with Gasteiger partial charge in [0.2, 0.25) is 0 Å². The lowest BCUT2D eigenvalue weighted by molar-refractivity contribution is 0.314. The summed E-state index contributed by atoms with van der Waals surface area (Å²) in [6, 6.07) is 5.77. The van der Waals surface area contributed by atoms with Crippen LogP contribution < -0.4 is 5.76 Å². The lowest BCUT2D eigenvalue weighted by Gasteiger charge is -2.09. The summed E-state index contributed by atoms with van der Waals surface area (Å²) in [6.07, 6.45) is 0. The van der Waals surface area contributed by atoms with E-state index >= 15 is 0 Å². The highest BCUT2D eigenvalue weighted by Gasteiger charge is 2.08. The van der Waals surface area contributed by atoms with E-state index in [0.717, 1.165) is 11.1 Å². The monoisotopic (exact) mass is 206 g/mol. The van der Waals surface area contributed by atoms with Gasteiger partial charge in [-0.1, -0.05) is 6.07 Å². The molecule has 1 heterocycles. The van der Waals surface area contributed by atoms with Gasteiger partial charge in [0.1, 0.15) is 0 Å². The molecular weight excluding hydrogens is 192 g/mol. The molecule has 0 amide bonds. The van der Waals surface area contributed by atoms with Crippen LogP contribution in [0.25, 0.3) is 11.1 Å². The summed E-state index contributed by atoms with van der Waals surface area (Å²) in [7, 11) is 3.83. The van der Waals surface area contributed by atoms with Gasteiger partial charge in [-0.25, -0.2) is 4.79 Å². The van der Waals surface area contributed by atoms with Crippen LogP contribution >= 0.6 is 0 Å². The molecule has 0 unspecified atom stereocenters. The molecule has 0 bridgehead atoms. The second kappa shape index (κ2) is 3.55. The number of aromatic nitrogens is 1. The lowest BCUT2D eigenvalue weighted by atomic mass is 10.2. The van der Waals surface area contributed by atoms with Gasteiger partial charge in [0.25, 0.3) is 0 Å². The van der Waals surface area contributed by atoms with E-state index in [2.05, 4.69) is 0 Å². The molecule has 1 aromatic heterocycles. The van der Waals surface area contributed by atoms with E-state index < -0.39 is 0 Å². The Morgan fingerprint density at radius 3 is 2.80 bits per heavy atom. The molecule has 0 spiro atoms. The summed E-state index contributed by atoms with van der Waals surface area (Å²) in [6.45, 7) is 2.51. The van der Waals surface area contributed by atoms with Gasteiger partial charge in [-0.3, -0.25) is 9.47 Å². The summed E-state index contributed by atoms with van der Waals surface area (Å²) < 4.78 is 6.78. The molecule has 80 valence electrons. The topological polar surface area (TPSA) is 38.4 Å². The number of rotatable bonds is 2. The van der Waals surface area contributed by atoms with Gasteiger partial charge in [-0.2, -0.15) is 0 Å². The Hall–Kier alpha value is -1.55. The molecule has 0 aliphatic carbocycles. The Labute approximate surface area is 87.7 Å². The highest BCUT2D eigenvalue weighted by atomic mass is 16.4. The molecular formula is C11H14N2O2. The fraction of sp³-hybridized carbons (Fsp3) is 0.364. The molecule has 4 heteroatoms. The van der Waals surface area contributed by atoms with Crippen LogP contribution in [0.15, 0.2) is 27.4 Å². The number of benzene rings is 1. The van der Waals surface area contributed by atoms with Crippen LogP contribution in [0.3, 0.4) is 0 Å². The SMILES string of the molecule is Cc1ccc2c(c1)oc(=O)n2CN(C)C. The van der Waals surface area contributed by atoms with Crippen LogP contribution in [0.5, 0.6) is 0 Å². The summed E-state index contributed by atoms with van der Waals surface area (Å²) in [5, 5.41) is 0. The molecule has 0 atom stereocenters. The molecule has 0 fully saturated rings. The van der Waals surface area contributed by atoms with Crippen LogP contribution in [-0.4, -0.2) is 23.6 Å². The van der Waals surface area contributed by atoms with E-state index in [9.17, 15) is 4.79 Å². The van der Waals surface area contributed by atoms with Gasteiger partial charge in [0.05, 0.1) is 12.2 Å². The third-order valence-corrected chi connectivity index (χ3v) is 2.25. The van der Waals surface area contributed by atoms with Crippen LogP contribution in [0.1, 0.15) is 5.56 Å². The second-order valence-corrected chi connectivity index (χ2v) is 3.99. The average Bonchev–Trinajstić information content (AvgIpc) is 2.41. The van der Waals surface area contributed by atoms with Crippen molar-refractivity contribution in [2.75, 3.05) is 14.1 Å². The molecule has 0 N–H and O–H groups in total. The Kier molecular flexibility index (Phi) is 2.36. The fourth-order valence-electron chi connectivity index (χ4n) is 1.59. The minimum absolute atomic E-state index is 0.302. The maximum absolute atomic E-state index is 11.6. The minimum Gasteiger partial charge on any atom is -0.408 e. The summed E-state index contributed by atoms with van der Waals surface area (Å²) in [4.78, 5) is 13.5. The minimum atomic E-state index is -0.302. The van der Waals surface area contributed by atoms with E-state index in [4.69, 9.17) is 4.42 Å². The van der Waals surface area contributed by atoms with E-state index in [1.54, 1.807) is 4.57 Å². The molecule has 0 radical (unpaired) electrons. The predicted molar refractivity (Wildman–Crippen MR) is 58.9 cm³/mol. The molecule has 4 nitrogen and oxygen atoms in total. The largest absolute Gasteiger partial charge is 0.421 e. The highest BCUT2D eigenvalue weighted by molar-refractivity contribution is 5.73. The number of hydrogen-bond donors (Lipinski definition) is 0. The standard InChI is InChI=1S/C11H14N2O2/c1-8-4-5-9-10(6-8)15-11(14)13(9)7-12(2)3/h4-6H,7H2,1-3H3. The summed E-state index contributed by atoms with van der Waals surface area (Å²) in [5.41, 5.74) is 2.59. The van der Waals surface area contributed by atoms with Gasteiger partial charge in [0, 0.05) is 0 Å². The number of aryl methyl sites for hydroxylation is 1. The van der Waals surface area contributed by atoms with E-state index in [0.29, 0.717) is 12.3 Å². The molecule has 2 rings (SSSR count). The summed E-state index contributed by atoms with van der Waals surface area (Å²) in [5.74, 6) is -0.302. The molecule has 2 aromatic rings. The van der Waals surface area contributed by atoms with Crippen molar-refractivity contribution in [1.82, 2.24) is 9.47 Å². The van der Waals surface area contributed by atoms with E-state index in [1.807, 2.05) is 44.1 Å². The summed E-state index contributed by atoms with van der Waals surface area (Å²) >= 11 is 0. The predicted octanol–water partition coefficient (Wildman–Crippen LogP) is 1.42. The first kappa shape index (κ1) is 9.98. The average molecular weight is 206 g/mol. The van der Waals surface area contributed by atoms with Crippen molar-refractivity contribution in [2.24, 2.45) is 0 Å². The zero-order chi connectivity index (χ0) is 11.0. The number of oxazole rings is 1. The normalized spacial score (nSPS) is 11.5. The molecule has 1 aromatic carbocycles. The molecule has 0 aliphatic rings. The number of fused-ring (bicyclic) bond motifs is 1. The Morgan fingerprint density at radius 1 is 1.40 bits per heavy atom. The zero-order valence-electron chi connectivity index (χ0n) is 9.15. The Balaban J connectivity index is 2.63. The van der Waals surface area contributed by atoms with Crippen molar-refractivity contribution in [1.29, 1.82) is 0 Å². The number of hydrogen-bond acceptors (Lipinski definition) is 3. The van der Waals surface area contributed by atoms with Crippen molar-refractivity contribution in [3.63, 3.8) is 0 Å². The van der Waals surface area contributed by atoms with Crippen molar-refractivity contribution in [3.8, 4) is 0 Å². The second-order valence-electron chi connectivity index (χ2n) is 3.99. The highest BCUT2D eigenvalue weighted by Crippen LogP contribution is 2.14. The lowest BCUT2D eigenvalue weighted by Crippen LogP contribution is -2.24. The van der Waals surface area contributed by atoms with Gasteiger partial charge in [-0.05, 0) is 38.7 Å². The van der Waals surface area contributed by atoms with Crippen LogP contribution in [0, 0.1) is 6.92 Å². The van der Waals surface area contributed by atoms with Gasteiger partial charge >= 0.3 is 5.76 Å². The maximum Gasteiger partial charge on any atom is 0.421 e. The molecule has 15 heavy (non-hydrogen) atoms. The van der Waals surface area contributed by atoms with Crippen molar-refractivity contribution >= 4 is 11.1 Å². The van der Waals surface area contributed by atoms with Crippen molar-refractivity contribution in [2.45, 2.75) is 13.6 Å². The first-order valence-electron chi connectivity index (χ1n) is 4.82. The van der Waals surface area contributed by atoms with Crippen molar-refractivity contribution < 1.29 is 4.42 Å². The maximum atomic E-state index is 11.6. The molecule has 0 aliphatic heterocycles. The quantitative estimate of drug-likeness (QED) is 0.746. The number of nitrogens with zero attached hydrogens (tertiary/aromatic N) is 2. The first-order chi connectivity index (χ1) is 7.08. The van der Waals surface area contributed by atoms with Gasteiger partial charge < -0.3 is 4.42 Å². The van der Waals surface area contributed by atoms with Crippen LogP contribution in [0.4, 0.5) is 0 Å². The fourth-order valence-corrected chi connectivity index (χ4v) is 1.59. The third kappa shape index (κ3) is 1.80. The first-order valence-corrected chi connectivity index (χ1v) is 4.82. The van der Waals surface area contributed by atoms with Crippen LogP contribution in [0.2, 0.25) is 0 Å². The van der Waals surface area contributed by atoms with Gasteiger partial charge in [0.15, 0.2) is 5.58 Å². The van der Waals surface area contributed by atoms with E-state index in [-0.39, 0.29) is 5.76 Å². The third-order valence-electron chi connectivity index (χ3n) is 2.25. The Bertz CT molecular complexity index is 537. The van der Waals surface area contributed by atoms with Crippen molar-refractivity contribution in [3.05, 3.63) is 34.3 Å². The molecule has 0 saturated heterocycles. The smallest absolute Gasteiger partial charge is 0.408 e. The van der Waals surface area contributed by atoms with Crippen LogP contribution in [-0.2, 0) is 6.67 Å². The Morgan fingerprint density at radius 2 is 2.13 bits per heavy atom.